The molecule has 0 aliphatic carbocycles. The molecule has 2 fully saturated rings. The van der Waals surface area contributed by atoms with E-state index < -0.39 is 24.3 Å². The van der Waals surface area contributed by atoms with Crippen molar-refractivity contribution in [3.05, 3.63) is 54.5 Å². The van der Waals surface area contributed by atoms with Gasteiger partial charge in [0.25, 0.3) is 0 Å². The highest BCUT2D eigenvalue weighted by Gasteiger charge is 2.43. The molecule has 0 radical (unpaired) electrons. The Balaban J connectivity index is 0.000000301. The van der Waals surface area contributed by atoms with Gasteiger partial charge in [-0.05, 0) is 30.5 Å². The summed E-state index contributed by atoms with van der Waals surface area (Å²) in [6.07, 6.45) is -1.42. The van der Waals surface area contributed by atoms with Crippen LogP contribution in [0.15, 0.2) is 48.9 Å². The summed E-state index contributed by atoms with van der Waals surface area (Å²) >= 11 is 0. The third kappa shape index (κ3) is 10.5. The molecule has 2 saturated heterocycles. The Morgan fingerprint density at radius 3 is 2.08 bits per heavy atom. The molecule has 0 bridgehead atoms. The number of piperidine rings is 1. The number of hydrogen-bond acceptors (Lipinski definition) is 7. The topological polar surface area (TPSA) is 122 Å². The summed E-state index contributed by atoms with van der Waals surface area (Å²) < 4.78 is 75.6. The highest BCUT2D eigenvalue weighted by atomic mass is 19.4. The Hall–Kier alpha value is -3.46. The highest BCUT2D eigenvalue weighted by molar-refractivity contribution is 5.73. The number of aliphatic carboxylic acids is 2. The van der Waals surface area contributed by atoms with E-state index >= 15 is 0 Å². The van der Waals surface area contributed by atoms with Crippen LogP contribution in [-0.2, 0) is 20.9 Å². The van der Waals surface area contributed by atoms with Gasteiger partial charge in [0.1, 0.15) is 6.10 Å². The van der Waals surface area contributed by atoms with Crippen LogP contribution in [0.3, 0.4) is 0 Å². The second kappa shape index (κ2) is 13.4. The first-order chi connectivity index (χ1) is 17.7. The number of carboxylic acid groups (broad SMARTS) is 2. The summed E-state index contributed by atoms with van der Waals surface area (Å²) in [5.41, 5.74) is 1.27. The molecular weight excluding hydrogens is 528 g/mol. The standard InChI is InChI=1S/C19H23N3O2.2C2HF3O2/c1-2-9-21-18(5-1)24-17-12-19(23-15-17)6-10-22(11-7-19)14-16-4-3-8-20-13-16;2*3-2(4,5)1(6)7/h1-5,8-9,13,17H,6-7,10-12,14-15H2;2*(H,6,7). The maximum absolute atomic E-state index is 10.6. The zero-order chi connectivity index (χ0) is 28.4. The Bertz CT molecular complexity index is 992. The molecule has 1 atom stereocenters. The van der Waals surface area contributed by atoms with Gasteiger partial charge in [-0.1, -0.05) is 12.1 Å². The van der Waals surface area contributed by atoms with E-state index in [0.29, 0.717) is 12.5 Å². The van der Waals surface area contributed by atoms with E-state index in [1.165, 1.54) is 5.56 Å². The summed E-state index contributed by atoms with van der Waals surface area (Å²) in [6.45, 7) is 3.76. The lowest BCUT2D eigenvalue weighted by atomic mass is 9.88. The average molecular weight is 553 g/mol. The molecule has 2 N–H and O–H groups in total. The lowest BCUT2D eigenvalue weighted by molar-refractivity contribution is -0.193. The van der Waals surface area contributed by atoms with Crippen LogP contribution in [0.25, 0.3) is 0 Å². The number of carbonyl (C=O) groups is 2. The van der Waals surface area contributed by atoms with E-state index in [4.69, 9.17) is 29.3 Å². The van der Waals surface area contributed by atoms with Gasteiger partial charge in [-0.15, -0.1) is 0 Å². The van der Waals surface area contributed by atoms with E-state index in [1.54, 1.807) is 6.20 Å². The van der Waals surface area contributed by atoms with E-state index in [9.17, 15) is 26.3 Å². The van der Waals surface area contributed by atoms with Gasteiger partial charge in [-0.25, -0.2) is 14.6 Å². The second-order valence-corrected chi connectivity index (χ2v) is 8.35. The zero-order valence-corrected chi connectivity index (χ0v) is 19.8. The molecule has 2 aliphatic rings. The van der Waals surface area contributed by atoms with E-state index in [2.05, 4.69) is 20.9 Å². The minimum Gasteiger partial charge on any atom is -0.475 e. The number of nitrogens with zero attached hydrogens (tertiary/aromatic N) is 3. The summed E-state index contributed by atoms with van der Waals surface area (Å²) in [5, 5.41) is 14.2. The number of ether oxygens (including phenoxy) is 2. The van der Waals surface area contributed by atoms with Gasteiger partial charge >= 0.3 is 24.3 Å². The first-order valence-electron chi connectivity index (χ1n) is 11.1. The molecule has 0 amide bonds. The molecule has 15 heteroatoms. The fraction of sp³-hybridized carbons (Fsp3) is 0.478. The van der Waals surface area contributed by atoms with Crippen LogP contribution in [0, 0.1) is 0 Å². The first kappa shape index (κ1) is 30.8. The molecular formula is C23H25F6N3O6. The molecule has 38 heavy (non-hydrogen) atoms. The van der Waals surface area contributed by atoms with Crippen molar-refractivity contribution in [2.24, 2.45) is 0 Å². The second-order valence-electron chi connectivity index (χ2n) is 8.35. The summed E-state index contributed by atoms with van der Waals surface area (Å²) in [7, 11) is 0. The van der Waals surface area contributed by atoms with Crippen LogP contribution < -0.4 is 4.74 Å². The molecule has 1 unspecified atom stereocenters. The molecule has 4 heterocycles. The van der Waals surface area contributed by atoms with Crippen molar-refractivity contribution < 1.29 is 55.6 Å². The Kier molecular flexibility index (Phi) is 10.8. The van der Waals surface area contributed by atoms with Crippen LogP contribution in [-0.4, -0.2) is 80.8 Å². The smallest absolute Gasteiger partial charge is 0.475 e. The van der Waals surface area contributed by atoms with Crippen LogP contribution in [0.5, 0.6) is 5.88 Å². The van der Waals surface area contributed by atoms with Gasteiger partial charge in [0.2, 0.25) is 5.88 Å². The van der Waals surface area contributed by atoms with Crippen molar-refractivity contribution in [3.8, 4) is 5.88 Å². The van der Waals surface area contributed by atoms with Crippen molar-refractivity contribution in [2.45, 2.75) is 49.9 Å². The number of hydrogen-bond donors (Lipinski definition) is 2. The number of aromatic nitrogens is 2. The quantitative estimate of drug-likeness (QED) is 0.542. The third-order valence-electron chi connectivity index (χ3n) is 5.48. The Morgan fingerprint density at radius 1 is 1.00 bits per heavy atom. The molecule has 2 aliphatic heterocycles. The SMILES string of the molecule is O=C(O)C(F)(F)F.O=C(O)C(F)(F)F.c1ccc(OC2COC3(CCN(Cc4cccnc4)CC3)C2)nc1. The lowest BCUT2D eigenvalue weighted by Gasteiger charge is -2.38. The molecule has 2 aromatic heterocycles. The molecule has 1 spiro atoms. The lowest BCUT2D eigenvalue weighted by Crippen LogP contribution is -2.44. The predicted octanol–water partition coefficient (Wildman–Crippen LogP) is 3.95. The summed E-state index contributed by atoms with van der Waals surface area (Å²) in [6, 6.07) is 9.89. The van der Waals surface area contributed by atoms with Gasteiger partial charge in [0.15, 0.2) is 0 Å². The normalized spacial score (nSPS) is 18.9. The van der Waals surface area contributed by atoms with E-state index in [1.807, 2.05) is 36.7 Å². The van der Waals surface area contributed by atoms with Gasteiger partial charge in [0, 0.05) is 50.7 Å². The Morgan fingerprint density at radius 2 is 1.61 bits per heavy atom. The van der Waals surface area contributed by atoms with Crippen molar-refractivity contribution in [3.63, 3.8) is 0 Å². The molecule has 210 valence electrons. The number of likely N-dealkylation sites (tertiary alicyclic amines) is 1. The number of pyridine rings is 2. The van der Waals surface area contributed by atoms with E-state index in [-0.39, 0.29) is 11.7 Å². The fourth-order valence-corrected chi connectivity index (χ4v) is 3.68. The molecule has 4 rings (SSSR count). The first-order valence-corrected chi connectivity index (χ1v) is 11.1. The van der Waals surface area contributed by atoms with Gasteiger partial charge in [-0.3, -0.25) is 9.88 Å². The Labute approximate surface area is 213 Å². The van der Waals surface area contributed by atoms with Gasteiger partial charge in [0.05, 0.1) is 12.2 Å². The minimum atomic E-state index is -5.08. The maximum Gasteiger partial charge on any atom is 0.490 e. The van der Waals surface area contributed by atoms with Crippen molar-refractivity contribution in [2.75, 3.05) is 19.7 Å². The molecule has 0 saturated carbocycles. The van der Waals surface area contributed by atoms with Crippen molar-refractivity contribution >= 4 is 11.9 Å². The van der Waals surface area contributed by atoms with Crippen molar-refractivity contribution in [1.29, 1.82) is 0 Å². The third-order valence-corrected chi connectivity index (χ3v) is 5.48. The minimum absolute atomic E-state index is 0.00904. The van der Waals surface area contributed by atoms with Gasteiger partial charge in [-0.2, -0.15) is 26.3 Å². The fourth-order valence-electron chi connectivity index (χ4n) is 3.68. The monoisotopic (exact) mass is 553 g/mol. The highest BCUT2D eigenvalue weighted by Crippen LogP contribution is 2.37. The van der Waals surface area contributed by atoms with Crippen LogP contribution in [0.1, 0.15) is 24.8 Å². The largest absolute Gasteiger partial charge is 0.490 e. The summed E-state index contributed by atoms with van der Waals surface area (Å²) in [5.74, 6) is -4.82. The number of rotatable bonds is 4. The molecule has 0 aromatic carbocycles. The van der Waals surface area contributed by atoms with Crippen LogP contribution >= 0.6 is 0 Å². The zero-order valence-electron chi connectivity index (χ0n) is 19.8. The van der Waals surface area contributed by atoms with E-state index in [0.717, 1.165) is 38.9 Å². The average Bonchev–Trinajstić information content (AvgIpc) is 3.23. The number of alkyl halides is 6. The van der Waals surface area contributed by atoms with Crippen LogP contribution in [0.2, 0.25) is 0 Å². The van der Waals surface area contributed by atoms with Crippen LogP contribution in [0.4, 0.5) is 26.3 Å². The predicted molar refractivity (Wildman–Crippen MR) is 118 cm³/mol. The van der Waals surface area contributed by atoms with Crippen molar-refractivity contribution in [1.82, 2.24) is 14.9 Å². The molecule has 2 aromatic rings. The maximum atomic E-state index is 10.6. The number of carboxylic acids is 2. The number of halogens is 6. The molecule has 9 nitrogen and oxygen atoms in total. The summed E-state index contributed by atoms with van der Waals surface area (Å²) in [4.78, 5) is 28.7. The van der Waals surface area contributed by atoms with Gasteiger partial charge < -0.3 is 19.7 Å².